The summed E-state index contributed by atoms with van der Waals surface area (Å²) < 4.78 is 22.2. The van der Waals surface area contributed by atoms with E-state index in [0.29, 0.717) is 30.0 Å². The van der Waals surface area contributed by atoms with E-state index in [2.05, 4.69) is 0 Å². The Bertz CT molecular complexity index is 595. The average molecular weight is 300 g/mol. The summed E-state index contributed by atoms with van der Waals surface area (Å²) in [4.78, 5) is 0. The van der Waals surface area contributed by atoms with Crippen molar-refractivity contribution in [2.75, 3.05) is 20.8 Å². The van der Waals surface area contributed by atoms with Gasteiger partial charge in [-0.25, -0.2) is 0 Å². The smallest absolute Gasteiger partial charge is 0.203 e. The summed E-state index contributed by atoms with van der Waals surface area (Å²) in [5.41, 5.74) is 2.23. The quantitative estimate of drug-likeness (QED) is 0.736. The number of hydrogen-bond acceptors (Lipinski definition) is 4. The van der Waals surface area contributed by atoms with E-state index in [9.17, 15) is 0 Å². The van der Waals surface area contributed by atoms with Crippen molar-refractivity contribution in [2.45, 2.75) is 19.1 Å². The van der Waals surface area contributed by atoms with Crippen LogP contribution < -0.4 is 14.2 Å². The van der Waals surface area contributed by atoms with Crippen molar-refractivity contribution in [3.63, 3.8) is 0 Å². The first-order chi connectivity index (χ1) is 10.8. The topological polar surface area (TPSA) is 40.2 Å². The monoisotopic (exact) mass is 300 g/mol. The normalized spacial score (nSPS) is 16.2. The average Bonchev–Trinajstić information content (AvgIpc) is 3.37. The van der Waals surface area contributed by atoms with Crippen LogP contribution in [0.25, 0.3) is 0 Å². The molecule has 3 rings (SSSR count). The third kappa shape index (κ3) is 3.52. The molecule has 2 aromatic carbocycles. The summed E-state index contributed by atoms with van der Waals surface area (Å²) in [6, 6.07) is 14.0. The number of epoxide rings is 1. The first kappa shape index (κ1) is 14.7. The summed E-state index contributed by atoms with van der Waals surface area (Å²) >= 11 is 0. The van der Waals surface area contributed by atoms with Crippen LogP contribution in [0.4, 0.5) is 0 Å². The van der Waals surface area contributed by atoms with E-state index in [1.807, 2.05) is 42.5 Å². The van der Waals surface area contributed by atoms with Crippen LogP contribution in [0.3, 0.4) is 0 Å². The summed E-state index contributed by atoms with van der Waals surface area (Å²) in [6.45, 7) is 1.30. The van der Waals surface area contributed by atoms with Crippen LogP contribution in [0.2, 0.25) is 0 Å². The molecule has 22 heavy (non-hydrogen) atoms. The lowest BCUT2D eigenvalue weighted by molar-refractivity contribution is 0.265. The van der Waals surface area contributed by atoms with Gasteiger partial charge in [0.05, 0.1) is 26.9 Å². The molecule has 116 valence electrons. The lowest BCUT2D eigenvalue weighted by atomic mass is 10.1. The van der Waals surface area contributed by atoms with Crippen LogP contribution in [0.1, 0.15) is 11.1 Å². The minimum absolute atomic E-state index is 0.325. The zero-order chi connectivity index (χ0) is 15.4. The lowest BCUT2D eigenvalue weighted by Gasteiger charge is -2.16. The Morgan fingerprint density at radius 3 is 2.18 bits per heavy atom. The molecule has 0 aliphatic carbocycles. The van der Waals surface area contributed by atoms with Crippen LogP contribution in [0, 0.1) is 0 Å². The molecule has 4 heteroatoms. The zero-order valence-corrected chi connectivity index (χ0v) is 12.9. The van der Waals surface area contributed by atoms with Gasteiger partial charge < -0.3 is 18.9 Å². The van der Waals surface area contributed by atoms with E-state index in [4.69, 9.17) is 18.9 Å². The molecular formula is C18H20O4. The van der Waals surface area contributed by atoms with E-state index in [1.165, 1.54) is 0 Å². The van der Waals surface area contributed by atoms with E-state index in [0.717, 1.165) is 24.2 Å². The SMILES string of the molecule is COc1cc(C[C@H]2CO2)cc(OC)c1OCc1ccccc1. The van der Waals surface area contributed by atoms with Crippen molar-refractivity contribution in [2.24, 2.45) is 0 Å². The van der Waals surface area contributed by atoms with E-state index >= 15 is 0 Å². The molecule has 0 unspecified atom stereocenters. The van der Waals surface area contributed by atoms with Crippen molar-refractivity contribution < 1.29 is 18.9 Å². The van der Waals surface area contributed by atoms with E-state index in [1.54, 1.807) is 14.2 Å². The Labute approximate surface area is 130 Å². The van der Waals surface area contributed by atoms with Crippen LogP contribution in [-0.2, 0) is 17.8 Å². The van der Waals surface area contributed by atoms with Crippen molar-refractivity contribution in [1.29, 1.82) is 0 Å². The number of hydrogen-bond donors (Lipinski definition) is 0. The molecular weight excluding hydrogens is 280 g/mol. The number of methoxy groups -OCH3 is 2. The minimum Gasteiger partial charge on any atom is -0.493 e. The highest BCUT2D eigenvalue weighted by molar-refractivity contribution is 5.54. The molecule has 1 saturated heterocycles. The molecule has 0 saturated carbocycles. The fourth-order valence-electron chi connectivity index (χ4n) is 2.37. The highest BCUT2D eigenvalue weighted by Crippen LogP contribution is 2.39. The maximum Gasteiger partial charge on any atom is 0.203 e. The standard InChI is InChI=1S/C18H20O4/c1-19-16-9-14(8-15-12-21-15)10-17(20-2)18(16)22-11-13-6-4-3-5-7-13/h3-7,9-10,15H,8,11-12H2,1-2H3/t15-/m0/s1. The predicted octanol–water partition coefficient (Wildman–Crippen LogP) is 3.22. The van der Waals surface area contributed by atoms with Gasteiger partial charge >= 0.3 is 0 Å². The minimum atomic E-state index is 0.325. The molecule has 1 aliphatic rings. The Kier molecular flexibility index (Phi) is 4.49. The van der Waals surface area contributed by atoms with Crippen molar-refractivity contribution >= 4 is 0 Å². The molecule has 4 nitrogen and oxygen atoms in total. The maximum atomic E-state index is 5.93. The molecule has 0 bridgehead atoms. The summed E-state index contributed by atoms with van der Waals surface area (Å²) in [7, 11) is 3.28. The Balaban J connectivity index is 1.81. The highest BCUT2D eigenvalue weighted by atomic mass is 16.6. The molecule has 0 amide bonds. The second kappa shape index (κ2) is 6.71. The molecule has 1 heterocycles. The van der Waals surface area contributed by atoms with Crippen molar-refractivity contribution in [3.8, 4) is 17.2 Å². The first-order valence-corrected chi connectivity index (χ1v) is 7.33. The van der Waals surface area contributed by atoms with Crippen LogP contribution in [0.5, 0.6) is 17.2 Å². The Morgan fingerprint density at radius 2 is 1.64 bits per heavy atom. The third-order valence-corrected chi connectivity index (χ3v) is 3.61. The third-order valence-electron chi connectivity index (χ3n) is 3.61. The van der Waals surface area contributed by atoms with Gasteiger partial charge in [0.2, 0.25) is 5.75 Å². The van der Waals surface area contributed by atoms with Gasteiger partial charge in [-0.2, -0.15) is 0 Å². The molecule has 1 fully saturated rings. The van der Waals surface area contributed by atoms with Gasteiger partial charge in [0.1, 0.15) is 6.61 Å². The van der Waals surface area contributed by atoms with Gasteiger partial charge in [0.15, 0.2) is 11.5 Å². The zero-order valence-electron chi connectivity index (χ0n) is 12.9. The largest absolute Gasteiger partial charge is 0.493 e. The second-order valence-corrected chi connectivity index (χ2v) is 5.26. The maximum absolute atomic E-state index is 5.93. The summed E-state index contributed by atoms with van der Waals surface area (Å²) in [6.07, 6.45) is 1.19. The van der Waals surface area contributed by atoms with Crippen LogP contribution in [0.15, 0.2) is 42.5 Å². The van der Waals surface area contributed by atoms with Gasteiger partial charge in [-0.05, 0) is 23.3 Å². The van der Waals surface area contributed by atoms with Crippen LogP contribution in [-0.4, -0.2) is 26.9 Å². The molecule has 2 aromatic rings. The number of rotatable bonds is 7. The Morgan fingerprint density at radius 1 is 1.00 bits per heavy atom. The summed E-state index contributed by atoms with van der Waals surface area (Å²) in [5, 5.41) is 0. The molecule has 1 aliphatic heterocycles. The molecule has 1 atom stereocenters. The van der Waals surface area contributed by atoms with Gasteiger partial charge in [-0.15, -0.1) is 0 Å². The van der Waals surface area contributed by atoms with Gasteiger partial charge in [0, 0.05) is 6.42 Å². The van der Waals surface area contributed by atoms with E-state index < -0.39 is 0 Å². The number of ether oxygens (including phenoxy) is 4. The molecule has 0 radical (unpaired) electrons. The lowest BCUT2D eigenvalue weighted by Crippen LogP contribution is -2.02. The van der Waals surface area contributed by atoms with Gasteiger partial charge in [-0.1, -0.05) is 30.3 Å². The molecule has 0 aromatic heterocycles. The fraction of sp³-hybridized carbons (Fsp3) is 0.333. The highest BCUT2D eigenvalue weighted by Gasteiger charge is 2.24. The Hall–Kier alpha value is -2.20. The molecule has 0 N–H and O–H groups in total. The second-order valence-electron chi connectivity index (χ2n) is 5.26. The fourth-order valence-corrected chi connectivity index (χ4v) is 2.37. The van der Waals surface area contributed by atoms with Gasteiger partial charge in [-0.3, -0.25) is 0 Å². The van der Waals surface area contributed by atoms with Crippen molar-refractivity contribution in [3.05, 3.63) is 53.6 Å². The van der Waals surface area contributed by atoms with Gasteiger partial charge in [0.25, 0.3) is 0 Å². The summed E-state index contributed by atoms with van der Waals surface area (Å²) in [5.74, 6) is 2.01. The van der Waals surface area contributed by atoms with Crippen LogP contribution >= 0.6 is 0 Å². The van der Waals surface area contributed by atoms with Crippen molar-refractivity contribution in [1.82, 2.24) is 0 Å². The molecule has 0 spiro atoms. The number of benzene rings is 2. The predicted molar refractivity (Wildman–Crippen MR) is 83.8 cm³/mol. The first-order valence-electron chi connectivity index (χ1n) is 7.33. The van der Waals surface area contributed by atoms with E-state index in [-0.39, 0.29) is 0 Å².